The van der Waals surface area contributed by atoms with E-state index in [-0.39, 0.29) is 6.61 Å². The van der Waals surface area contributed by atoms with Crippen molar-refractivity contribution in [3.05, 3.63) is 28.0 Å². The van der Waals surface area contributed by atoms with Gasteiger partial charge in [-0.1, -0.05) is 29.3 Å². The number of aromatic nitrogens is 1. The maximum atomic E-state index is 8.87. The van der Waals surface area contributed by atoms with E-state index in [1.807, 2.05) is 6.07 Å². The van der Waals surface area contributed by atoms with Crippen LogP contribution in [0.4, 0.5) is 0 Å². The molecule has 96 valence electrons. The highest BCUT2D eigenvalue weighted by Crippen LogP contribution is 2.19. The smallest absolute Gasteiger partial charge is 0.135 e. The number of halogens is 2. The van der Waals surface area contributed by atoms with Crippen LogP contribution in [0.25, 0.3) is 0 Å². The topological polar surface area (TPSA) is 36.4 Å². The van der Waals surface area contributed by atoms with Gasteiger partial charge in [0.2, 0.25) is 0 Å². The van der Waals surface area contributed by atoms with E-state index in [1.54, 1.807) is 6.07 Å². The molecule has 0 bridgehead atoms. The Balaban J connectivity index is 2.71. The van der Waals surface area contributed by atoms with E-state index < -0.39 is 0 Å². The zero-order valence-electron chi connectivity index (χ0n) is 10.2. The van der Waals surface area contributed by atoms with Gasteiger partial charge >= 0.3 is 0 Å². The fourth-order valence-electron chi connectivity index (χ4n) is 1.57. The van der Waals surface area contributed by atoms with Gasteiger partial charge in [0.25, 0.3) is 0 Å². The molecular formula is C12H18Cl2N2O. The lowest BCUT2D eigenvalue weighted by atomic mass is 10.2. The van der Waals surface area contributed by atoms with Crippen LogP contribution < -0.4 is 0 Å². The third-order valence-electron chi connectivity index (χ3n) is 2.60. The van der Waals surface area contributed by atoms with E-state index in [1.165, 1.54) is 0 Å². The van der Waals surface area contributed by atoms with Crippen LogP contribution >= 0.6 is 23.2 Å². The molecule has 0 fully saturated rings. The highest BCUT2D eigenvalue weighted by atomic mass is 35.5. The molecular weight excluding hydrogens is 259 g/mol. The van der Waals surface area contributed by atoms with E-state index in [0.29, 0.717) is 16.3 Å². The van der Waals surface area contributed by atoms with Crippen LogP contribution in [-0.4, -0.2) is 34.2 Å². The molecule has 0 saturated carbocycles. The van der Waals surface area contributed by atoms with E-state index >= 15 is 0 Å². The molecule has 1 N–H and O–H groups in total. The molecule has 0 amide bonds. The summed E-state index contributed by atoms with van der Waals surface area (Å²) in [5.74, 6) is 0. The van der Waals surface area contributed by atoms with Crippen LogP contribution in [0.1, 0.15) is 25.8 Å². The molecule has 1 aromatic heterocycles. The van der Waals surface area contributed by atoms with Crippen molar-refractivity contribution in [1.29, 1.82) is 0 Å². The van der Waals surface area contributed by atoms with Gasteiger partial charge < -0.3 is 5.11 Å². The first-order valence-corrected chi connectivity index (χ1v) is 6.46. The SMILES string of the molecule is CC(C)N(CCCO)Cc1ccc(Cl)nc1Cl. The average molecular weight is 277 g/mol. The Morgan fingerprint density at radius 3 is 2.59 bits per heavy atom. The number of hydrogen-bond acceptors (Lipinski definition) is 3. The zero-order chi connectivity index (χ0) is 12.8. The highest BCUT2D eigenvalue weighted by Gasteiger charge is 2.12. The zero-order valence-corrected chi connectivity index (χ0v) is 11.7. The molecule has 0 unspecified atom stereocenters. The van der Waals surface area contributed by atoms with E-state index in [9.17, 15) is 0 Å². The number of rotatable bonds is 6. The van der Waals surface area contributed by atoms with Crippen LogP contribution in [0.2, 0.25) is 10.3 Å². The molecule has 0 aromatic carbocycles. The van der Waals surface area contributed by atoms with Gasteiger partial charge in [0.1, 0.15) is 10.3 Å². The van der Waals surface area contributed by atoms with Gasteiger partial charge in [-0.05, 0) is 26.3 Å². The first kappa shape index (κ1) is 14.7. The van der Waals surface area contributed by atoms with Crippen LogP contribution in [0, 0.1) is 0 Å². The summed E-state index contributed by atoms with van der Waals surface area (Å²) in [5, 5.41) is 9.73. The number of pyridine rings is 1. The molecule has 0 radical (unpaired) electrons. The van der Waals surface area contributed by atoms with Crippen LogP contribution in [0.15, 0.2) is 12.1 Å². The van der Waals surface area contributed by atoms with Gasteiger partial charge in [-0.3, -0.25) is 4.90 Å². The van der Waals surface area contributed by atoms with Gasteiger partial charge in [-0.15, -0.1) is 0 Å². The summed E-state index contributed by atoms with van der Waals surface area (Å²) in [5.41, 5.74) is 0.961. The Kier molecular flexibility index (Phi) is 6.20. The molecule has 1 aromatic rings. The van der Waals surface area contributed by atoms with Crippen LogP contribution in [0.5, 0.6) is 0 Å². The van der Waals surface area contributed by atoms with Gasteiger partial charge in [-0.2, -0.15) is 0 Å². The maximum absolute atomic E-state index is 8.87. The second-order valence-electron chi connectivity index (χ2n) is 4.23. The number of aliphatic hydroxyl groups is 1. The van der Waals surface area contributed by atoms with E-state index in [0.717, 1.165) is 25.1 Å². The number of aliphatic hydroxyl groups excluding tert-OH is 1. The lowest BCUT2D eigenvalue weighted by Gasteiger charge is -2.26. The minimum atomic E-state index is 0.204. The fraction of sp³-hybridized carbons (Fsp3) is 0.583. The highest BCUT2D eigenvalue weighted by molar-refractivity contribution is 6.32. The summed E-state index contributed by atoms with van der Waals surface area (Å²) in [7, 11) is 0. The normalized spacial score (nSPS) is 11.5. The summed E-state index contributed by atoms with van der Waals surface area (Å²) < 4.78 is 0. The molecule has 0 atom stereocenters. The second kappa shape index (κ2) is 7.17. The fourth-order valence-corrected chi connectivity index (χ4v) is 1.98. The van der Waals surface area contributed by atoms with Crippen molar-refractivity contribution in [3.63, 3.8) is 0 Å². The van der Waals surface area contributed by atoms with Gasteiger partial charge in [-0.25, -0.2) is 4.98 Å². The summed E-state index contributed by atoms with van der Waals surface area (Å²) in [6.07, 6.45) is 0.761. The van der Waals surface area contributed by atoms with Crippen molar-refractivity contribution in [2.24, 2.45) is 0 Å². The lowest BCUT2D eigenvalue weighted by Crippen LogP contribution is -2.31. The Bertz CT molecular complexity index is 358. The average Bonchev–Trinajstić information content (AvgIpc) is 2.26. The molecule has 0 aliphatic heterocycles. The minimum Gasteiger partial charge on any atom is -0.396 e. The predicted octanol–water partition coefficient (Wildman–Crippen LogP) is 2.98. The largest absolute Gasteiger partial charge is 0.396 e. The first-order chi connectivity index (χ1) is 8.04. The molecule has 5 heteroatoms. The third kappa shape index (κ3) is 4.80. The number of nitrogens with zero attached hydrogens (tertiary/aromatic N) is 2. The van der Waals surface area contributed by atoms with Gasteiger partial charge in [0.05, 0.1) is 0 Å². The monoisotopic (exact) mass is 276 g/mol. The van der Waals surface area contributed by atoms with E-state index in [2.05, 4.69) is 23.7 Å². The molecule has 1 heterocycles. The summed E-state index contributed by atoms with van der Waals surface area (Å²) >= 11 is 11.8. The van der Waals surface area contributed by atoms with Crippen molar-refractivity contribution in [1.82, 2.24) is 9.88 Å². The Hall–Kier alpha value is -0.350. The van der Waals surface area contributed by atoms with Crippen molar-refractivity contribution < 1.29 is 5.11 Å². The van der Waals surface area contributed by atoms with Crippen LogP contribution in [0.3, 0.4) is 0 Å². The standard InChI is InChI=1S/C12H18Cl2N2O/c1-9(2)16(6-3-7-17)8-10-4-5-11(13)15-12(10)14/h4-5,9,17H,3,6-8H2,1-2H3. The van der Waals surface area contributed by atoms with Crippen LogP contribution in [-0.2, 0) is 6.54 Å². The summed E-state index contributed by atoms with van der Waals surface area (Å²) in [4.78, 5) is 6.26. The molecule has 0 spiro atoms. The van der Waals surface area contributed by atoms with Crippen molar-refractivity contribution in [2.45, 2.75) is 32.9 Å². The second-order valence-corrected chi connectivity index (χ2v) is 4.97. The molecule has 1 rings (SSSR count). The number of hydrogen-bond donors (Lipinski definition) is 1. The Morgan fingerprint density at radius 2 is 2.06 bits per heavy atom. The predicted molar refractivity (Wildman–Crippen MR) is 71.5 cm³/mol. The van der Waals surface area contributed by atoms with Gasteiger partial charge in [0, 0.05) is 31.3 Å². The first-order valence-electron chi connectivity index (χ1n) is 5.70. The van der Waals surface area contributed by atoms with Crippen molar-refractivity contribution in [3.8, 4) is 0 Å². The third-order valence-corrected chi connectivity index (χ3v) is 3.14. The molecule has 3 nitrogen and oxygen atoms in total. The van der Waals surface area contributed by atoms with Crippen molar-refractivity contribution >= 4 is 23.2 Å². The molecule has 0 saturated heterocycles. The van der Waals surface area contributed by atoms with Gasteiger partial charge in [0.15, 0.2) is 0 Å². The maximum Gasteiger partial charge on any atom is 0.135 e. The molecule has 17 heavy (non-hydrogen) atoms. The summed E-state index contributed by atoms with van der Waals surface area (Å²) in [6.45, 7) is 6.01. The minimum absolute atomic E-state index is 0.204. The Morgan fingerprint density at radius 1 is 1.35 bits per heavy atom. The lowest BCUT2D eigenvalue weighted by molar-refractivity contribution is 0.185. The van der Waals surface area contributed by atoms with Crippen molar-refractivity contribution in [2.75, 3.05) is 13.2 Å². The van der Waals surface area contributed by atoms with E-state index in [4.69, 9.17) is 28.3 Å². The summed E-state index contributed by atoms with van der Waals surface area (Å²) in [6, 6.07) is 4.03. The Labute approximate surface area is 112 Å². The quantitative estimate of drug-likeness (QED) is 0.812. The molecule has 0 aliphatic carbocycles. The molecule has 0 aliphatic rings.